The lowest BCUT2D eigenvalue weighted by Gasteiger charge is -2.26. The van der Waals surface area contributed by atoms with Crippen molar-refractivity contribution in [1.29, 1.82) is 0 Å². The summed E-state index contributed by atoms with van der Waals surface area (Å²) in [6.45, 7) is 6.80. The van der Waals surface area contributed by atoms with Crippen LogP contribution in [0, 0.1) is 0 Å². The smallest absolute Gasteiger partial charge is 0.247 e. The summed E-state index contributed by atoms with van der Waals surface area (Å²) in [6, 6.07) is 13.1. The highest BCUT2D eigenvalue weighted by Crippen LogP contribution is 2.29. The summed E-state index contributed by atoms with van der Waals surface area (Å²) in [7, 11) is -2.22. The van der Waals surface area contributed by atoms with Gasteiger partial charge in [0.25, 0.3) is 0 Å². The maximum atomic E-state index is 13.2. The molecule has 1 aliphatic heterocycles. The Morgan fingerprint density at radius 3 is 2.40 bits per heavy atom. The van der Waals surface area contributed by atoms with E-state index in [4.69, 9.17) is 16.0 Å². The molecule has 10 heteroatoms. The maximum Gasteiger partial charge on any atom is 0.247 e. The van der Waals surface area contributed by atoms with Crippen LogP contribution in [0.25, 0.3) is 11.5 Å². The van der Waals surface area contributed by atoms with Gasteiger partial charge in [-0.1, -0.05) is 44.5 Å². The highest BCUT2D eigenvalue weighted by Gasteiger charge is 2.40. The fraction of sp³-hybridized carbons (Fsp3) is 0.400. The Kier molecular flexibility index (Phi) is 7.04. The Morgan fingerprint density at radius 1 is 1.11 bits per heavy atom. The van der Waals surface area contributed by atoms with Crippen LogP contribution in [0.5, 0.6) is 0 Å². The van der Waals surface area contributed by atoms with Gasteiger partial charge in [-0.3, -0.25) is 4.79 Å². The van der Waals surface area contributed by atoms with E-state index in [9.17, 15) is 13.2 Å². The van der Waals surface area contributed by atoms with E-state index in [0.29, 0.717) is 23.8 Å². The molecule has 1 aromatic heterocycles. The topological polar surface area (TPSA) is 96.6 Å². The van der Waals surface area contributed by atoms with Gasteiger partial charge >= 0.3 is 0 Å². The number of nitrogens with zero attached hydrogens (tertiary/aromatic N) is 4. The number of hydrogen-bond acceptors (Lipinski definition) is 6. The summed E-state index contributed by atoms with van der Waals surface area (Å²) in [6.07, 6.45) is 1.05. The molecule has 0 radical (unpaired) electrons. The number of hydrogen-bond donors (Lipinski definition) is 0. The lowest BCUT2D eigenvalue weighted by Crippen LogP contribution is -2.46. The van der Waals surface area contributed by atoms with Gasteiger partial charge in [-0.2, -0.15) is 4.31 Å². The predicted octanol–water partition coefficient (Wildman–Crippen LogP) is 4.50. The fourth-order valence-corrected chi connectivity index (χ4v) is 5.88. The van der Waals surface area contributed by atoms with Gasteiger partial charge in [0.05, 0.1) is 11.4 Å². The van der Waals surface area contributed by atoms with Crippen molar-refractivity contribution in [2.75, 3.05) is 13.6 Å². The summed E-state index contributed by atoms with van der Waals surface area (Å²) < 4.78 is 33.4. The van der Waals surface area contributed by atoms with Gasteiger partial charge in [0.15, 0.2) is 0 Å². The molecule has 1 atom stereocenters. The van der Waals surface area contributed by atoms with E-state index in [0.717, 1.165) is 5.56 Å². The average Bonchev–Trinajstić information content (AvgIpc) is 3.49. The number of sulfonamides is 1. The lowest BCUT2D eigenvalue weighted by atomic mass is 9.87. The zero-order chi connectivity index (χ0) is 25.4. The van der Waals surface area contributed by atoms with E-state index in [1.165, 1.54) is 39.0 Å². The summed E-state index contributed by atoms with van der Waals surface area (Å²) in [5.74, 6) is 0.337. The number of rotatable bonds is 6. The van der Waals surface area contributed by atoms with Crippen LogP contribution in [0.15, 0.2) is 57.8 Å². The Hall–Kier alpha value is -2.75. The Labute approximate surface area is 211 Å². The van der Waals surface area contributed by atoms with Gasteiger partial charge in [0.2, 0.25) is 27.7 Å². The molecule has 0 N–H and O–H groups in total. The second-order valence-electron chi connectivity index (χ2n) is 9.75. The first kappa shape index (κ1) is 25.3. The molecule has 35 heavy (non-hydrogen) atoms. The second kappa shape index (κ2) is 9.72. The molecule has 1 aliphatic rings. The molecular weight excluding hydrogens is 488 g/mol. The summed E-state index contributed by atoms with van der Waals surface area (Å²) in [5.41, 5.74) is 2.03. The quantitative estimate of drug-likeness (QED) is 0.478. The number of carbonyl (C=O) groups is 1. The molecule has 2 aromatic carbocycles. The van der Waals surface area contributed by atoms with Crippen LogP contribution >= 0.6 is 11.6 Å². The van der Waals surface area contributed by atoms with Gasteiger partial charge in [-0.15, -0.1) is 10.2 Å². The van der Waals surface area contributed by atoms with E-state index < -0.39 is 16.1 Å². The molecule has 186 valence electrons. The molecule has 0 unspecified atom stereocenters. The van der Waals surface area contributed by atoms with Crippen molar-refractivity contribution in [1.82, 2.24) is 19.4 Å². The number of amides is 1. The molecule has 0 aliphatic carbocycles. The summed E-state index contributed by atoms with van der Waals surface area (Å²) >= 11 is 5.90. The number of halogens is 1. The van der Waals surface area contributed by atoms with Crippen molar-refractivity contribution in [3.8, 4) is 11.5 Å². The standard InChI is InChI=1S/C25H29ClN4O4S/c1-25(2,3)18-9-7-17(8-10-18)23-28-27-22(34-23)16-29(4)24(31)21-6-5-15-30(21)35(32,33)20-13-11-19(26)12-14-20/h7-14,21H,5-6,15-16H2,1-4H3/t21-/m0/s1. The molecule has 4 rings (SSSR count). The molecule has 1 fully saturated rings. The molecule has 0 spiro atoms. The average molecular weight is 517 g/mol. The normalized spacial score (nSPS) is 17.0. The SMILES string of the molecule is CN(Cc1nnc(-c2ccc(C(C)(C)C)cc2)o1)C(=O)[C@@H]1CCCN1S(=O)(=O)c1ccc(Cl)cc1. The molecular formula is C25H29ClN4O4S. The van der Waals surface area contributed by atoms with E-state index in [1.54, 1.807) is 7.05 Å². The monoisotopic (exact) mass is 516 g/mol. The number of carbonyl (C=O) groups excluding carboxylic acids is 1. The van der Waals surface area contributed by atoms with Crippen LogP contribution in [0.2, 0.25) is 5.02 Å². The third kappa shape index (κ3) is 5.42. The minimum atomic E-state index is -3.83. The Bertz CT molecular complexity index is 1300. The third-order valence-corrected chi connectivity index (χ3v) is 8.30. The molecule has 1 amide bonds. The molecule has 1 saturated heterocycles. The Balaban J connectivity index is 1.45. The van der Waals surface area contributed by atoms with Gasteiger partial charge in [-0.25, -0.2) is 8.42 Å². The van der Waals surface area contributed by atoms with Crippen molar-refractivity contribution < 1.29 is 17.6 Å². The van der Waals surface area contributed by atoms with Crippen molar-refractivity contribution in [3.05, 3.63) is 65.0 Å². The van der Waals surface area contributed by atoms with E-state index in [-0.39, 0.29) is 35.2 Å². The van der Waals surface area contributed by atoms with Crippen LogP contribution in [-0.2, 0) is 26.8 Å². The molecule has 2 heterocycles. The largest absolute Gasteiger partial charge is 0.419 e. The van der Waals surface area contributed by atoms with Gasteiger partial charge in [0, 0.05) is 24.2 Å². The predicted molar refractivity (Wildman–Crippen MR) is 133 cm³/mol. The zero-order valence-electron chi connectivity index (χ0n) is 20.2. The number of aromatic nitrogens is 2. The second-order valence-corrected chi connectivity index (χ2v) is 12.1. The first-order chi connectivity index (χ1) is 16.5. The third-order valence-electron chi connectivity index (χ3n) is 6.12. The van der Waals surface area contributed by atoms with Crippen LogP contribution in [0.3, 0.4) is 0 Å². The molecule has 3 aromatic rings. The van der Waals surface area contributed by atoms with Gasteiger partial charge in [-0.05, 0) is 60.2 Å². The van der Waals surface area contributed by atoms with E-state index in [1.807, 2.05) is 24.3 Å². The highest BCUT2D eigenvalue weighted by molar-refractivity contribution is 7.89. The van der Waals surface area contributed by atoms with Gasteiger partial charge < -0.3 is 9.32 Å². The zero-order valence-corrected chi connectivity index (χ0v) is 21.8. The lowest BCUT2D eigenvalue weighted by molar-refractivity contribution is -0.134. The van der Waals surface area contributed by atoms with Crippen LogP contribution in [0.4, 0.5) is 0 Å². The molecule has 0 bridgehead atoms. The van der Waals surface area contributed by atoms with Crippen LogP contribution < -0.4 is 0 Å². The molecule has 8 nitrogen and oxygen atoms in total. The van der Waals surface area contributed by atoms with E-state index >= 15 is 0 Å². The summed E-state index contributed by atoms with van der Waals surface area (Å²) in [4.78, 5) is 14.8. The number of benzene rings is 2. The van der Waals surface area contributed by atoms with Crippen molar-refractivity contribution in [3.63, 3.8) is 0 Å². The number of likely N-dealkylation sites (N-methyl/N-ethyl adjacent to an activating group) is 1. The summed E-state index contributed by atoms with van der Waals surface area (Å²) in [5, 5.41) is 8.65. The minimum absolute atomic E-state index is 0.0385. The van der Waals surface area contributed by atoms with Crippen molar-refractivity contribution in [2.24, 2.45) is 0 Å². The van der Waals surface area contributed by atoms with Gasteiger partial charge in [0.1, 0.15) is 6.04 Å². The molecule has 0 saturated carbocycles. The van der Waals surface area contributed by atoms with Crippen molar-refractivity contribution in [2.45, 2.75) is 56.5 Å². The first-order valence-corrected chi connectivity index (χ1v) is 13.2. The van der Waals surface area contributed by atoms with Crippen LogP contribution in [-0.4, -0.2) is 53.4 Å². The van der Waals surface area contributed by atoms with E-state index in [2.05, 4.69) is 31.0 Å². The van der Waals surface area contributed by atoms with Crippen LogP contribution in [0.1, 0.15) is 45.1 Å². The Morgan fingerprint density at radius 2 is 1.77 bits per heavy atom. The van der Waals surface area contributed by atoms with Crippen molar-refractivity contribution >= 4 is 27.5 Å². The minimum Gasteiger partial charge on any atom is -0.419 e. The highest BCUT2D eigenvalue weighted by atomic mass is 35.5. The maximum absolute atomic E-state index is 13.2. The fourth-order valence-electron chi connectivity index (χ4n) is 4.10. The first-order valence-electron chi connectivity index (χ1n) is 11.4.